The summed E-state index contributed by atoms with van der Waals surface area (Å²) in [5.74, 6) is -0.273. The second kappa shape index (κ2) is 10.1. The van der Waals surface area contributed by atoms with Crippen molar-refractivity contribution in [1.29, 1.82) is 0 Å². The minimum atomic E-state index is -0.804. The highest BCUT2D eigenvalue weighted by molar-refractivity contribution is 6.00. The van der Waals surface area contributed by atoms with Crippen molar-refractivity contribution in [3.8, 4) is 5.75 Å². The van der Waals surface area contributed by atoms with E-state index in [0.717, 1.165) is 11.1 Å². The first kappa shape index (κ1) is 25.7. The van der Waals surface area contributed by atoms with Crippen molar-refractivity contribution < 1.29 is 23.9 Å². The van der Waals surface area contributed by atoms with Gasteiger partial charge in [-0.15, -0.1) is 0 Å². The van der Waals surface area contributed by atoms with E-state index in [1.54, 1.807) is 32.4 Å². The highest BCUT2D eigenvalue weighted by Crippen LogP contribution is 2.37. The predicted octanol–water partition coefficient (Wildman–Crippen LogP) is 2.03. The lowest BCUT2D eigenvalue weighted by Crippen LogP contribution is -2.47. The van der Waals surface area contributed by atoms with E-state index in [9.17, 15) is 19.2 Å². The van der Waals surface area contributed by atoms with E-state index < -0.39 is 17.4 Å². The maximum Gasteiger partial charge on any atom is 0.329 e. The number of aryl methyl sites for hydroxylation is 1. The first-order chi connectivity index (χ1) is 18.3. The lowest BCUT2D eigenvalue weighted by atomic mass is 9.73. The summed E-state index contributed by atoms with van der Waals surface area (Å²) in [5.41, 5.74) is 1.66. The number of piperidine rings is 2. The van der Waals surface area contributed by atoms with Crippen LogP contribution in [0, 0.1) is 0 Å². The van der Waals surface area contributed by atoms with Crippen LogP contribution in [-0.4, -0.2) is 59.1 Å². The molecule has 1 atom stereocenters. The van der Waals surface area contributed by atoms with Crippen LogP contribution in [0.1, 0.15) is 42.9 Å². The third-order valence-electron chi connectivity index (χ3n) is 7.97. The van der Waals surface area contributed by atoms with Crippen LogP contribution in [0.2, 0.25) is 0 Å². The zero-order chi connectivity index (χ0) is 27.0. The normalized spacial score (nSPS) is 19.6. The topological polar surface area (TPSA) is 112 Å². The number of benzene rings is 2. The molecule has 2 aromatic carbocycles. The molecule has 3 heterocycles. The van der Waals surface area contributed by atoms with Crippen LogP contribution in [0.4, 0.5) is 0 Å². The molecule has 2 amide bonds. The lowest BCUT2D eigenvalue weighted by molar-refractivity contribution is -0.152. The summed E-state index contributed by atoms with van der Waals surface area (Å²) >= 11 is 0. The Morgan fingerprint density at radius 3 is 2.39 bits per heavy atom. The standard InChI is InChI=1S/C28H32N4O6/c1-30-23-16-19(28(26(35)38-3)12-14-29-15-13-28)6-9-21(23)32(27(30)36)22-10-11-24(33)31(25(22)34)17-18-4-7-20(37-2)8-5-18/h4-9,16,22,29H,10-15,17H2,1-3H3. The number of aromatic nitrogens is 2. The largest absolute Gasteiger partial charge is 0.497 e. The van der Waals surface area contributed by atoms with Crippen molar-refractivity contribution in [2.24, 2.45) is 7.05 Å². The van der Waals surface area contributed by atoms with Crippen LogP contribution in [0.5, 0.6) is 5.75 Å². The fourth-order valence-corrected chi connectivity index (χ4v) is 5.76. The smallest absolute Gasteiger partial charge is 0.329 e. The van der Waals surface area contributed by atoms with Gasteiger partial charge < -0.3 is 14.8 Å². The molecule has 2 fully saturated rings. The minimum absolute atomic E-state index is 0.123. The molecule has 200 valence electrons. The SMILES string of the molecule is COC(=O)C1(c2ccc3c(c2)n(C)c(=O)n3C2CCC(=O)N(Cc3ccc(OC)cc3)C2=O)CCNCC1. The van der Waals surface area contributed by atoms with Gasteiger partial charge in [0.05, 0.1) is 37.2 Å². The van der Waals surface area contributed by atoms with Crippen LogP contribution in [0.3, 0.4) is 0 Å². The van der Waals surface area contributed by atoms with Crippen molar-refractivity contribution in [3.05, 3.63) is 64.1 Å². The van der Waals surface area contributed by atoms with E-state index in [-0.39, 0.29) is 37.0 Å². The first-order valence-corrected chi connectivity index (χ1v) is 12.8. The number of nitrogens with zero attached hydrogens (tertiary/aromatic N) is 3. The molecule has 2 aliphatic heterocycles. The van der Waals surface area contributed by atoms with Gasteiger partial charge in [-0.05, 0) is 67.7 Å². The van der Waals surface area contributed by atoms with Crippen LogP contribution >= 0.6 is 0 Å². The number of amides is 2. The summed E-state index contributed by atoms with van der Waals surface area (Å²) < 4.78 is 13.4. The first-order valence-electron chi connectivity index (χ1n) is 12.8. The molecule has 0 bridgehead atoms. The summed E-state index contributed by atoms with van der Waals surface area (Å²) in [6, 6.07) is 11.9. The van der Waals surface area contributed by atoms with E-state index in [1.807, 2.05) is 24.3 Å². The van der Waals surface area contributed by atoms with Crippen molar-refractivity contribution in [2.75, 3.05) is 27.3 Å². The van der Waals surface area contributed by atoms with Gasteiger partial charge in [-0.3, -0.25) is 28.4 Å². The summed E-state index contributed by atoms with van der Waals surface area (Å²) in [6.45, 7) is 1.49. The molecule has 0 saturated carbocycles. The summed E-state index contributed by atoms with van der Waals surface area (Å²) in [6.07, 6.45) is 1.58. The molecule has 2 aliphatic rings. The number of nitrogens with one attached hydrogen (secondary N) is 1. The Hall–Kier alpha value is -3.92. The van der Waals surface area contributed by atoms with Crippen molar-refractivity contribution in [1.82, 2.24) is 19.4 Å². The van der Waals surface area contributed by atoms with Crippen molar-refractivity contribution >= 4 is 28.8 Å². The number of hydrogen-bond acceptors (Lipinski definition) is 7. The van der Waals surface area contributed by atoms with Gasteiger partial charge >= 0.3 is 11.7 Å². The monoisotopic (exact) mass is 520 g/mol. The number of likely N-dealkylation sites (tertiary alicyclic amines) is 1. The molecule has 0 aliphatic carbocycles. The number of carbonyl (C=O) groups excluding carboxylic acids is 3. The van der Waals surface area contributed by atoms with Gasteiger partial charge in [0.15, 0.2) is 0 Å². The zero-order valence-corrected chi connectivity index (χ0v) is 21.9. The van der Waals surface area contributed by atoms with Crippen LogP contribution in [0.25, 0.3) is 11.0 Å². The molecule has 2 saturated heterocycles. The van der Waals surface area contributed by atoms with Crippen molar-refractivity contribution in [3.63, 3.8) is 0 Å². The molecule has 0 spiro atoms. The number of esters is 1. The van der Waals surface area contributed by atoms with E-state index in [0.29, 0.717) is 42.7 Å². The molecule has 5 rings (SSSR count). The number of imidazole rings is 1. The third kappa shape index (κ3) is 4.18. The van der Waals surface area contributed by atoms with E-state index in [4.69, 9.17) is 9.47 Å². The highest BCUT2D eigenvalue weighted by Gasteiger charge is 2.43. The van der Waals surface area contributed by atoms with Gasteiger partial charge in [-0.2, -0.15) is 0 Å². The number of imide groups is 1. The van der Waals surface area contributed by atoms with Crippen molar-refractivity contribution in [2.45, 2.75) is 43.7 Å². The van der Waals surface area contributed by atoms with Crippen LogP contribution in [-0.2, 0) is 38.1 Å². The Bertz CT molecular complexity index is 1450. The maximum atomic E-state index is 13.6. The Morgan fingerprint density at radius 2 is 1.74 bits per heavy atom. The molecule has 0 radical (unpaired) electrons. The molecule has 1 N–H and O–H groups in total. The second-order valence-corrected chi connectivity index (χ2v) is 9.96. The van der Waals surface area contributed by atoms with Crippen LogP contribution in [0.15, 0.2) is 47.3 Å². The number of rotatable bonds is 6. The third-order valence-corrected chi connectivity index (χ3v) is 7.97. The summed E-state index contributed by atoms with van der Waals surface area (Å²) in [4.78, 5) is 54.0. The number of carbonyl (C=O) groups is 3. The molecule has 10 nitrogen and oxygen atoms in total. The van der Waals surface area contributed by atoms with Gasteiger partial charge in [-0.25, -0.2) is 4.79 Å². The maximum absolute atomic E-state index is 13.6. The van der Waals surface area contributed by atoms with E-state index in [1.165, 1.54) is 21.1 Å². The quantitative estimate of drug-likeness (QED) is 0.391. The number of methoxy groups -OCH3 is 2. The fourth-order valence-electron chi connectivity index (χ4n) is 5.76. The predicted molar refractivity (Wildman–Crippen MR) is 140 cm³/mol. The molecule has 1 aromatic heterocycles. The Morgan fingerprint density at radius 1 is 1.03 bits per heavy atom. The Balaban J connectivity index is 1.51. The molecule has 1 unspecified atom stereocenters. The molecule has 10 heteroatoms. The molecular formula is C28H32N4O6. The Labute approximate surface area is 220 Å². The number of hydrogen-bond donors (Lipinski definition) is 1. The fraction of sp³-hybridized carbons (Fsp3) is 0.429. The molecule has 38 heavy (non-hydrogen) atoms. The zero-order valence-electron chi connectivity index (χ0n) is 21.9. The number of ether oxygens (including phenoxy) is 2. The van der Waals surface area contributed by atoms with Gasteiger partial charge in [0.2, 0.25) is 5.91 Å². The van der Waals surface area contributed by atoms with E-state index in [2.05, 4.69) is 5.32 Å². The van der Waals surface area contributed by atoms with Gasteiger partial charge in [0, 0.05) is 13.5 Å². The average Bonchev–Trinajstić information content (AvgIpc) is 3.20. The van der Waals surface area contributed by atoms with Gasteiger partial charge in [0.1, 0.15) is 11.8 Å². The second-order valence-electron chi connectivity index (χ2n) is 9.96. The number of fused-ring (bicyclic) bond motifs is 1. The summed E-state index contributed by atoms with van der Waals surface area (Å²) in [5, 5.41) is 3.29. The highest BCUT2D eigenvalue weighted by atomic mass is 16.5. The lowest BCUT2D eigenvalue weighted by Gasteiger charge is -2.35. The minimum Gasteiger partial charge on any atom is -0.497 e. The molecule has 3 aromatic rings. The van der Waals surface area contributed by atoms with Gasteiger partial charge in [-0.1, -0.05) is 18.2 Å². The Kier molecular flexibility index (Phi) is 6.83. The molecular weight excluding hydrogens is 488 g/mol. The van der Waals surface area contributed by atoms with Gasteiger partial charge in [0.25, 0.3) is 5.91 Å². The summed E-state index contributed by atoms with van der Waals surface area (Å²) in [7, 11) is 4.63. The average molecular weight is 521 g/mol. The van der Waals surface area contributed by atoms with Crippen LogP contribution < -0.4 is 15.7 Å². The van der Waals surface area contributed by atoms with E-state index >= 15 is 0 Å².